The van der Waals surface area contributed by atoms with E-state index in [1.165, 1.54) is 32.1 Å². The molecule has 0 bridgehead atoms. The maximum atomic E-state index is 4.19. The standard InChI is InChI=1S/C12H21N3S/c1-9(12-15-14-10(2)16-12)13-8-11-6-4-3-5-7-11/h9,11,13H,3-8H2,1-2H3. The lowest BCUT2D eigenvalue weighted by Gasteiger charge is -2.23. The van der Waals surface area contributed by atoms with Crippen LogP contribution in [0.5, 0.6) is 0 Å². The number of hydrogen-bond donors (Lipinski definition) is 1. The quantitative estimate of drug-likeness (QED) is 0.877. The number of aromatic nitrogens is 2. The summed E-state index contributed by atoms with van der Waals surface area (Å²) in [6.07, 6.45) is 7.06. The SMILES string of the molecule is Cc1nnc(C(C)NCC2CCCCC2)s1. The molecule has 0 aliphatic heterocycles. The van der Waals surface area contributed by atoms with Gasteiger partial charge in [-0.2, -0.15) is 0 Å². The molecule has 1 aliphatic rings. The van der Waals surface area contributed by atoms with Crippen molar-refractivity contribution in [1.29, 1.82) is 0 Å². The van der Waals surface area contributed by atoms with Gasteiger partial charge in [0.1, 0.15) is 10.0 Å². The lowest BCUT2D eigenvalue weighted by Crippen LogP contribution is -2.27. The van der Waals surface area contributed by atoms with Crippen molar-refractivity contribution in [2.45, 2.75) is 52.0 Å². The molecule has 1 N–H and O–H groups in total. The zero-order valence-corrected chi connectivity index (χ0v) is 11.0. The first-order valence-electron chi connectivity index (χ1n) is 6.29. The third-order valence-corrected chi connectivity index (χ3v) is 4.37. The number of rotatable bonds is 4. The maximum absolute atomic E-state index is 4.19. The lowest BCUT2D eigenvalue weighted by molar-refractivity contribution is 0.331. The van der Waals surface area contributed by atoms with Crippen LogP contribution in [0.25, 0.3) is 0 Å². The van der Waals surface area contributed by atoms with Crippen LogP contribution < -0.4 is 5.32 Å². The molecule has 2 rings (SSSR count). The Bertz CT molecular complexity index is 318. The van der Waals surface area contributed by atoms with Gasteiger partial charge in [-0.25, -0.2) is 0 Å². The van der Waals surface area contributed by atoms with Gasteiger partial charge in [0.25, 0.3) is 0 Å². The van der Waals surface area contributed by atoms with Gasteiger partial charge in [-0.3, -0.25) is 0 Å². The Morgan fingerprint density at radius 1 is 1.31 bits per heavy atom. The van der Waals surface area contributed by atoms with Gasteiger partial charge in [-0.05, 0) is 39.2 Å². The van der Waals surface area contributed by atoms with Crippen LogP contribution in [-0.2, 0) is 0 Å². The fourth-order valence-corrected chi connectivity index (χ4v) is 3.03. The Morgan fingerprint density at radius 2 is 2.06 bits per heavy atom. The summed E-state index contributed by atoms with van der Waals surface area (Å²) in [5, 5.41) is 14.0. The predicted octanol–water partition coefficient (Wildman–Crippen LogP) is 3.08. The molecular formula is C12H21N3S. The minimum atomic E-state index is 0.355. The average Bonchev–Trinajstić information content (AvgIpc) is 2.74. The van der Waals surface area contributed by atoms with Gasteiger partial charge < -0.3 is 5.32 Å². The van der Waals surface area contributed by atoms with Crippen molar-refractivity contribution >= 4 is 11.3 Å². The summed E-state index contributed by atoms with van der Waals surface area (Å²) in [5.41, 5.74) is 0. The second kappa shape index (κ2) is 5.73. The van der Waals surface area contributed by atoms with E-state index >= 15 is 0 Å². The molecular weight excluding hydrogens is 218 g/mol. The molecule has 1 fully saturated rings. The molecule has 0 saturated heterocycles. The lowest BCUT2D eigenvalue weighted by atomic mass is 9.89. The second-order valence-electron chi connectivity index (χ2n) is 4.79. The molecule has 0 amide bonds. The van der Waals surface area contributed by atoms with E-state index in [1.54, 1.807) is 11.3 Å². The van der Waals surface area contributed by atoms with Gasteiger partial charge in [-0.1, -0.05) is 19.3 Å². The van der Waals surface area contributed by atoms with Crippen molar-refractivity contribution in [2.24, 2.45) is 5.92 Å². The summed E-state index contributed by atoms with van der Waals surface area (Å²) >= 11 is 1.70. The summed E-state index contributed by atoms with van der Waals surface area (Å²) in [5.74, 6) is 0.880. The highest BCUT2D eigenvalue weighted by atomic mass is 32.1. The molecule has 0 spiro atoms. The van der Waals surface area contributed by atoms with E-state index in [9.17, 15) is 0 Å². The van der Waals surface area contributed by atoms with Crippen molar-refractivity contribution in [3.05, 3.63) is 10.0 Å². The third-order valence-electron chi connectivity index (χ3n) is 3.35. The predicted molar refractivity (Wildman–Crippen MR) is 67.6 cm³/mol. The fraction of sp³-hybridized carbons (Fsp3) is 0.833. The van der Waals surface area contributed by atoms with Crippen LogP contribution in [0.4, 0.5) is 0 Å². The number of nitrogens with one attached hydrogen (secondary N) is 1. The molecule has 1 aromatic heterocycles. The van der Waals surface area contributed by atoms with E-state index in [0.717, 1.165) is 22.5 Å². The van der Waals surface area contributed by atoms with Crippen LogP contribution in [-0.4, -0.2) is 16.7 Å². The normalized spacial score (nSPS) is 19.9. The summed E-state index contributed by atoms with van der Waals surface area (Å²) in [6.45, 7) is 5.33. The van der Waals surface area contributed by atoms with Crippen LogP contribution in [0.2, 0.25) is 0 Å². The minimum absolute atomic E-state index is 0.355. The first kappa shape index (κ1) is 12.0. The van der Waals surface area contributed by atoms with Crippen LogP contribution in [0.3, 0.4) is 0 Å². The van der Waals surface area contributed by atoms with Crippen LogP contribution in [0.1, 0.15) is 55.1 Å². The topological polar surface area (TPSA) is 37.8 Å². The number of aryl methyl sites for hydroxylation is 1. The molecule has 4 heteroatoms. The molecule has 0 radical (unpaired) electrons. The minimum Gasteiger partial charge on any atom is -0.308 e. The largest absolute Gasteiger partial charge is 0.308 e. The van der Waals surface area contributed by atoms with Gasteiger partial charge in [-0.15, -0.1) is 21.5 Å². The highest BCUT2D eigenvalue weighted by Crippen LogP contribution is 2.24. The monoisotopic (exact) mass is 239 g/mol. The Balaban J connectivity index is 1.76. The van der Waals surface area contributed by atoms with E-state index in [-0.39, 0.29) is 0 Å². The van der Waals surface area contributed by atoms with E-state index in [1.807, 2.05) is 6.92 Å². The molecule has 1 aromatic rings. The Morgan fingerprint density at radius 3 is 2.69 bits per heavy atom. The first-order valence-corrected chi connectivity index (χ1v) is 7.10. The van der Waals surface area contributed by atoms with Gasteiger partial charge in [0.05, 0.1) is 6.04 Å². The number of hydrogen-bond acceptors (Lipinski definition) is 4. The van der Waals surface area contributed by atoms with Crippen molar-refractivity contribution in [2.75, 3.05) is 6.54 Å². The van der Waals surface area contributed by atoms with E-state index in [4.69, 9.17) is 0 Å². The summed E-state index contributed by atoms with van der Waals surface area (Å²) < 4.78 is 0. The molecule has 1 saturated carbocycles. The van der Waals surface area contributed by atoms with Crippen molar-refractivity contribution in [1.82, 2.24) is 15.5 Å². The van der Waals surface area contributed by atoms with Gasteiger partial charge in [0, 0.05) is 0 Å². The second-order valence-corrected chi connectivity index (χ2v) is 6.01. The Hall–Kier alpha value is -0.480. The highest BCUT2D eigenvalue weighted by Gasteiger charge is 2.16. The van der Waals surface area contributed by atoms with Crippen LogP contribution in [0.15, 0.2) is 0 Å². The Labute approximate surface area is 102 Å². The van der Waals surface area contributed by atoms with Crippen molar-refractivity contribution in [3.63, 3.8) is 0 Å². The third kappa shape index (κ3) is 3.25. The van der Waals surface area contributed by atoms with E-state index in [0.29, 0.717) is 6.04 Å². The van der Waals surface area contributed by atoms with Gasteiger partial charge in [0.2, 0.25) is 0 Å². The highest BCUT2D eigenvalue weighted by molar-refractivity contribution is 7.11. The zero-order valence-electron chi connectivity index (χ0n) is 10.2. The average molecular weight is 239 g/mol. The van der Waals surface area contributed by atoms with Crippen molar-refractivity contribution < 1.29 is 0 Å². The zero-order chi connectivity index (χ0) is 11.4. The molecule has 0 aromatic carbocycles. The van der Waals surface area contributed by atoms with E-state index in [2.05, 4.69) is 22.4 Å². The summed E-state index contributed by atoms with van der Waals surface area (Å²) in [7, 11) is 0. The molecule has 1 atom stereocenters. The summed E-state index contributed by atoms with van der Waals surface area (Å²) in [6, 6.07) is 0.355. The molecule has 90 valence electrons. The Kier molecular flexibility index (Phi) is 4.29. The fourth-order valence-electron chi connectivity index (χ4n) is 2.31. The molecule has 1 unspecified atom stereocenters. The molecule has 1 aliphatic carbocycles. The molecule has 1 heterocycles. The smallest absolute Gasteiger partial charge is 0.134 e. The summed E-state index contributed by atoms with van der Waals surface area (Å²) in [4.78, 5) is 0. The van der Waals surface area contributed by atoms with Crippen LogP contribution in [0, 0.1) is 12.8 Å². The molecule has 3 nitrogen and oxygen atoms in total. The van der Waals surface area contributed by atoms with Crippen molar-refractivity contribution in [3.8, 4) is 0 Å². The van der Waals surface area contributed by atoms with Crippen LogP contribution >= 0.6 is 11.3 Å². The van der Waals surface area contributed by atoms with Gasteiger partial charge in [0.15, 0.2) is 0 Å². The van der Waals surface area contributed by atoms with E-state index < -0.39 is 0 Å². The molecule has 16 heavy (non-hydrogen) atoms. The maximum Gasteiger partial charge on any atom is 0.134 e. The number of nitrogens with zero attached hydrogens (tertiary/aromatic N) is 2. The van der Waals surface area contributed by atoms with Gasteiger partial charge >= 0.3 is 0 Å². The first-order chi connectivity index (χ1) is 7.75.